The first-order valence-electron chi connectivity index (χ1n) is 6.24. The molecule has 0 amide bonds. The number of aromatic nitrogens is 3. The monoisotopic (exact) mass is 287 g/mol. The topological polar surface area (TPSA) is 118 Å². The minimum absolute atomic E-state index is 0.0826. The van der Waals surface area contributed by atoms with Gasteiger partial charge in [-0.1, -0.05) is 20.8 Å². The summed E-state index contributed by atoms with van der Waals surface area (Å²) in [6.07, 6.45) is -1.58. The van der Waals surface area contributed by atoms with Gasteiger partial charge in [-0.25, -0.2) is 14.5 Å². The third-order valence-electron chi connectivity index (χ3n) is 3.77. The van der Waals surface area contributed by atoms with Crippen LogP contribution >= 0.6 is 0 Å². The SMILES string of the molecule is COC(=O)c1ncn([C@H](O)C(O)C(C)(CO)C(C)C)n1. The van der Waals surface area contributed by atoms with Gasteiger partial charge in [-0.2, -0.15) is 0 Å². The van der Waals surface area contributed by atoms with Crippen LogP contribution in [0.4, 0.5) is 0 Å². The van der Waals surface area contributed by atoms with Crippen LogP contribution < -0.4 is 0 Å². The van der Waals surface area contributed by atoms with Crippen LogP contribution in [0.1, 0.15) is 37.6 Å². The fourth-order valence-corrected chi connectivity index (χ4v) is 1.69. The molecule has 8 nitrogen and oxygen atoms in total. The average molecular weight is 287 g/mol. The number of rotatable bonds is 6. The summed E-state index contributed by atoms with van der Waals surface area (Å²) in [4.78, 5) is 14.9. The van der Waals surface area contributed by atoms with Crippen LogP contribution in [0.15, 0.2) is 6.33 Å². The first-order valence-corrected chi connectivity index (χ1v) is 6.24. The Hall–Kier alpha value is -1.51. The molecule has 0 saturated heterocycles. The number of hydrogen-bond acceptors (Lipinski definition) is 7. The lowest BCUT2D eigenvalue weighted by molar-refractivity contribution is -0.130. The van der Waals surface area contributed by atoms with Crippen molar-refractivity contribution in [1.29, 1.82) is 0 Å². The van der Waals surface area contributed by atoms with Gasteiger partial charge in [0.1, 0.15) is 12.4 Å². The van der Waals surface area contributed by atoms with Crippen molar-refractivity contribution in [3.05, 3.63) is 12.2 Å². The van der Waals surface area contributed by atoms with E-state index in [-0.39, 0.29) is 18.3 Å². The van der Waals surface area contributed by atoms with Crippen molar-refractivity contribution in [2.45, 2.75) is 33.1 Å². The lowest BCUT2D eigenvalue weighted by Gasteiger charge is -2.38. The van der Waals surface area contributed by atoms with Crippen molar-refractivity contribution in [2.24, 2.45) is 11.3 Å². The van der Waals surface area contributed by atoms with Gasteiger partial charge in [0.25, 0.3) is 5.82 Å². The van der Waals surface area contributed by atoms with Crippen molar-refractivity contribution < 1.29 is 24.9 Å². The Labute approximate surface area is 117 Å². The molecular weight excluding hydrogens is 266 g/mol. The van der Waals surface area contributed by atoms with Crippen LogP contribution in [0.3, 0.4) is 0 Å². The summed E-state index contributed by atoms with van der Waals surface area (Å²) in [6.45, 7) is 5.01. The zero-order valence-electron chi connectivity index (χ0n) is 12.0. The van der Waals surface area contributed by atoms with Gasteiger partial charge < -0.3 is 20.1 Å². The summed E-state index contributed by atoms with van der Waals surface area (Å²) >= 11 is 0. The minimum atomic E-state index is -1.43. The summed E-state index contributed by atoms with van der Waals surface area (Å²) < 4.78 is 5.42. The summed E-state index contributed by atoms with van der Waals surface area (Å²) in [7, 11) is 1.19. The minimum Gasteiger partial charge on any atom is -0.463 e. The van der Waals surface area contributed by atoms with E-state index in [1.54, 1.807) is 6.92 Å². The second-order valence-corrected chi connectivity index (χ2v) is 5.22. The molecule has 0 aromatic carbocycles. The van der Waals surface area contributed by atoms with Crippen LogP contribution in [0.2, 0.25) is 0 Å². The Balaban J connectivity index is 2.96. The number of nitrogens with zero attached hydrogens (tertiary/aromatic N) is 3. The second-order valence-electron chi connectivity index (χ2n) is 5.22. The average Bonchev–Trinajstić information content (AvgIpc) is 2.93. The summed E-state index contributed by atoms with van der Waals surface area (Å²) in [5.74, 6) is -1.03. The molecule has 1 rings (SSSR count). The maximum atomic E-state index is 11.2. The van der Waals surface area contributed by atoms with E-state index in [1.807, 2.05) is 13.8 Å². The van der Waals surface area contributed by atoms with E-state index in [0.29, 0.717) is 0 Å². The molecule has 0 spiro atoms. The van der Waals surface area contributed by atoms with E-state index < -0.39 is 23.7 Å². The van der Waals surface area contributed by atoms with Gasteiger partial charge in [-0.15, -0.1) is 5.10 Å². The van der Waals surface area contributed by atoms with Gasteiger partial charge in [-0.3, -0.25) is 0 Å². The molecular formula is C12H21N3O5. The number of hydrogen-bond donors (Lipinski definition) is 3. The highest BCUT2D eigenvalue weighted by Crippen LogP contribution is 2.34. The Kier molecular flexibility index (Phi) is 5.21. The normalized spacial score (nSPS) is 17.6. The highest BCUT2D eigenvalue weighted by Gasteiger charge is 2.41. The molecule has 1 heterocycles. The Morgan fingerprint density at radius 1 is 1.50 bits per heavy atom. The van der Waals surface area contributed by atoms with Gasteiger partial charge in [0.2, 0.25) is 0 Å². The molecule has 1 aromatic rings. The summed E-state index contributed by atoms with van der Waals surface area (Å²) in [5.41, 5.74) is -0.920. The third kappa shape index (κ3) is 2.97. The molecule has 0 fully saturated rings. The zero-order chi connectivity index (χ0) is 15.5. The maximum absolute atomic E-state index is 11.2. The molecule has 0 bridgehead atoms. The van der Waals surface area contributed by atoms with Gasteiger partial charge >= 0.3 is 5.97 Å². The third-order valence-corrected chi connectivity index (χ3v) is 3.77. The number of aliphatic hydroxyl groups excluding tert-OH is 3. The predicted molar refractivity (Wildman–Crippen MR) is 68.7 cm³/mol. The fourth-order valence-electron chi connectivity index (χ4n) is 1.69. The largest absolute Gasteiger partial charge is 0.463 e. The maximum Gasteiger partial charge on any atom is 0.377 e. The fraction of sp³-hybridized carbons (Fsp3) is 0.750. The molecule has 114 valence electrons. The number of esters is 1. The predicted octanol–water partition coefficient (Wildman–Crippen LogP) is -0.429. The van der Waals surface area contributed by atoms with Crippen molar-refractivity contribution in [3.63, 3.8) is 0 Å². The Morgan fingerprint density at radius 2 is 2.10 bits per heavy atom. The molecule has 20 heavy (non-hydrogen) atoms. The summed E-state index contributed by atoms with van der Waals surface area (Å²) in [5, 5.41) is 33.6. The van der Waals surface area contributed by atoms with Gasteiger partial charge in [-0.05, 0) is 5.92 Å². The quantitative estimate of drug-likeness (QED) is 0.608. The first kappa shape index (κ1) is 16.5. The molecule has 0 aliphatic rings. The second kappa shape index (κ2) is 6.29. The lowest BCUT2D eigenvalue weighted by atomic mass is 9.74. The summed E-state index contributed by atoms with van der Waals surface area (Å²) in [6, 6.07) is 0. The molecule has 0 radical (unpaired) electrons. The van der Waals surface area contributed by atoms with Gasteiger partial charge in [0, 0.05) is 5.41 Å². The van der Waals surface area contributed by atoms with Crippen LogP contribution in [0.5, 0.6) is 0 Å². The van der Waals surface area contributed by atoms with Crippen LogP contribution in [0.25, 0.3) is 0 Å². The Bertz CT molecular complexity index is 462. The zero-order valence-corrected chi connectivity index (χ0v) is 12.0. The van der Waals surface area contributed by atoms with Gasteiger partial charge in [0.05, 0.1) is 13.7 Å². The molecule has 1 aromatic heterocycles. The molecule has 8 heteroatoms. The standard InChI is InChI=1S/C12H21N3O5/c1-7(2)12(3,5-16)8(17)10(18)15-6-13-9(14-15)11(19)20-4/h6-8,10,16-18H,5H2,1-4H3/t8?,10-,12?/m1/s1. The molecule has 0 aliphatic carbocycles. The van der Waals surface area contributed by atoms with E-state index in [0.717, 1.165) is 11.0 Å². The van der Waals surface area contributed by atoms with E-state index in [1.165, 1.54) is 7.11 Å². The van der Waals surface area contributed by atoms with E-state index in [4.69, 9.17) is 0 Å². The smallest absolute Gasteiger partial charge is 0.377 e. The Morgan fingerprint density at radius 3 is 2.55 bits per heavy atom. The van der Waals surface area contributed by atoms with E-state index in [9.17, 15) is 20.1 Å². The van der Waals surface area contributed by atoms with Crippen molar-refractivity contribution in [3.8, 4) is 0 Å². The number of aliphatic hydroxyl groups is 3. The first-order chi connectivity index (χ1) is 9.27. The van der Waals surface area contributed by atoms with Crippen LogP contribution in [0, 0.1) is 11.3 Å². The van der Waals surface area contributed by atoms with Crippen molar-refractivity contribution >= 4 is 5.97 Å². The highest BCUT2D eigenvalue weighted by molar-refractivity contribution is 5.84. The number of methoxy groups -OCH3 is 1. The van der Waals surface area contributed by atoms with E-state index >= 15 is 0 Å². The number of carbonyl (C=O) groups is 1. The van der Waals surface area contributed by atoms with Crippen molar-refractivity contribution in [2.75, 3.05) is 13.7 Å². The number of ether oxygens (including phenoxy) is 1. The van der Waals surface area contributed by atoms with Crippen LogP contribution in [-0.2, 0) is 4.74 Å². The molecule has 2 unspecified atom stereocenters. The van der Waals surface area contributed by atoms with Gasteiger partial charge in [0.15, 0.2) is 6.23 Å². The van der Waals surface area contributed by atoms with Crippen LogP contribution in [-0.4, -0.2) is 55.9 Å². The molecule has 3 atom stereocenters. The molecule has 0 aliphatic heterocycles. The lowest BCUT2D eigenvalue weighted by Crippen LogP contribution is -2.45. The molecule has 0 saturated carbocycles. The van der Waals surface area contributed by atoms with Crippen molar-refractivity contribution in [1.82, 2.24) is 14.8 Å². The molecule has 3 N–H and O–H groups in total. The van der Waals surface area contributed by atoms with E-state index in [2.05, 4.69) is 14.8 Å². The number of carbonyl (C=O) groups excluding carboxylic acids is 1. The highest BCUT2D eigenvalue weighted by atomic mass is 16.5.